The van der Waals surface area contributed by atoms with Crippen molar-refractivity contribution in [3.05, 3.63) is 40.9 Å². The summed E-state index contributed by atoms with van der Waals surface area (Å²) in [5.41, 5.74) is 2.20. The number of aliphatic imine (C=N–C) groups is 1. The molecule has 0 radical (unpaired) electrons. The second-order valence-corrected chi connectivity index (χ2v) is 9.30. The average Bonchev–Trinajstić information content (AvgIpc) is 3.53. The maximum atomic E-state index is 12.7. The molecule has 1 aromatic heterocycles. The van der Waals surface area contributed by atoms with Gasteiger partial charge in [-0.25, -0.2) is 4.98 Å². The monoisotopic (exact) mass is 425 g/mol. The van der Waals surface area contributed by atoms with E-state index < -0.39 is 0 Å². The Labute approximate surface area is 182 Å². The van der Waals surface area contributed by atoms with Crippen LogP contribution in [0.1, 0.15) is 42.7 Å². The summed E-state index contributed by atoms with van der Waals surface area (Å²) in [5.74, 6) is 1.40. The van der Waals surface area contributed by atoms with Gasteiger partial charge in [-0.05, 0) is 26.2 Å². The zero-order chi connectivity index (χ0) is 20.9. The van der Waals surface area contributed by atoms with E-state index in [9.17, 15) is 4.79 Å². The lowest BCUT2D eigenvalue weighted by molar-refractivity contribution is -0.134. The van der Waals surface area contributed by atoms with Crippen molar-refractivity contribution in [2.45, 2.75) is 51.6 Å². The van der Waals surface area contributed by atoms with Crippen molar-refractivity contribution in [2.24, 2.45) is 10.9 Å². The molecule has 6 nitrogen and oxygen atoms in total. The van der Waals surface area contributed by atoms with Gasteiger partial charge in [-0.15, -0.1) is 11.3 Å². The SMILES string of the molecule is CN=C(NCc1sc(-c2ccccc2)nc1C)NC1CCN(C(=O)C2CCCC2)C1. The highest BCUT2D eigenvalue weighted by Gasteiger charge is 2.32. The number of hydrogen-bond acceptors (Lipinski definition) is 4. The topological polar surface area (TPSA) is 69.6 Å². The van der Waals surface area contributed by atoms with Crippen LogP contribution in [0.3, 0.4) is 0 Å². The first-order chi connectivity index (χ1) is 14.6. The Morgan fingerprint density at radius 3 is 2.73 bits per heavy atom. The van der Waals surface area contributed by atoms with Gasteiger partial charge in [0.15, 0.2) is 5.96 Å². The van der Waals surface area contributed by atoms with Crippen LogP contribution in [0, 0.1) is 12.8 Å². The second kappa shape index (κ2) is 9.60. The van der Waals surface area contributed by atoms with Gasteiger partial charge in [0.05, 0.1) is 12.2 Å². The fourth-order valence-electron chi connectivity index (χ4n) is 4.36. The molecule has 160 valence electrons. The van der Waals surface area contributed by atoms with Gasteiger partial charge in [-0.2, -0.15) is 0 Å². The highest BCUT2D eigenvalue weighted by molar-refractivity contribution is 7.15. The van der Waals surface area contributed by atoms with Crippen molar-refractivity contribution in [3.63, 3.8) is 0 Å². The lowest BCUT2D eigenvalue weighted by Gasteiger charge is -2.21. The van der Waals surface area contributed by atoms with Gasteiger partial charge >= 0.3 is 0 Å². The number of benzene rings is 1. The van der Waals surface area contributed by atoms with Crippen LogP contribution >= 0.6 is 11.3 Å². The van der Waals surface area contributed by atoms with Crippen molar-refractivity contribution in [2.75, 3.05) is 20.1 Å². The van der Waals surface area contributed by atoms with Crippen molar-refractivity contribution < 1.29 is 4.79 Å². The zero-order valence-electron chi connectivity index (χ0n) is 17.9. The number of carbonyl (C=O) groups is 1. The summed E-state index contributed by atoms with van der Waals surface area (Å²) in [6.07, 6.45) is 5.50. The molecular weight excluding hydrogens is 394 g/mol. The first-order valence-corrected chi connectivity index (χ1v) is 11.7. The summed E-state index contributed by atoms with van der Waals surface area (Å²) in [6, 6.07) is 10.5. The van der Waals surface area contributed by atoms with Crippen LogP contribution in [0.2, 0.25) is 0 Å². The van der Waals surface area contributed by atoms with E-state index in [1.807, 2.05) is 23.1 Å². The number of likely N-dealkylation sites (tertiary alicyclic amines) is 1. The molecule has 2 N–H and O–H groups in total. The Balaban J connectivity index is 1.30. The number of aromatic nitrogens is 1. The van der Waals surface area contributed by atoms with Crippen LogP contribution in [0.4, 0.5) is 0 Å². The molecule has 1 aliphatic carbocycles. The molecule has 2 aromatic rings. The summed E-state index contributed by atoms with van der Waals surface area (Å²) in [4.78, 5) is 25.0. The van der Waals surface area contributed by atoms with Gasteiger partial charge in [0, 0.05) is 42.5 Å². The van der Waals surface area contributed by atoms with Crippen LogP contribution < -0.4 is 10.6 Å². The summed E-state index contributed by atoms with van der Waals surface area (Å²) in [6.45, 7) is 4.36. The summed E-state index contributed by atoms with van der Waals surface area (Å²) in [5, 5.41) is 7.97. The Hall–Kier alpha value is -2.41. The number of rotatable bonds is 5. The fraction of sp³-hybridized carbons (Fsp3) is 0.522. The van der Waals surface area contributed by atoms with E-state index >= 15 is 0 Å². The molecule has 1 aliphatic heterocycles. The molecule has 0 spiro atoms. The van der Waals surface area contributed by atoms with Crippen LogP contribution in [0.25, 0.3) is 10.6 Å². The third-order valence-corrected chi connectivity index (χ3v) is 7.31. The Kier molecular flexibility index (Phi) is 6.67. The summed E-state index contributed by atoms with van der Waals surface area (Å²) in [7, 11) is 1.79. The highest BCUT2D eigenvalue weighted by atomic mass is 32.1. The van der Waals surface area contributed by atoms with Gasteiger partial charge in [0.2, 0.25) is 5.91 Å². The van der Waals surface area contributed by atoms with E-state index in [4.69, 9.17) is 4.98 Å². The van der Waals surface area contributed by atoms with E-state index in [1.165, 1.54) is 17.7 Å². The molecule has 1 saturated heterocycles. The average molecular weight is 426 g/mol. The molecule has 30 heavy (non-hydrogen) atoms. The predicted molar refractivity (Wildman–Crippen MR) is 123 cm³/mol. The fourth-order valence-corrected chi connectivity index (χ4v) is 5.37. The van der Waals surface area contributed by atoms with Crippen LogP contribution in [-0.2, 0) is 11.3 Å². The number of carbonyl (C=O) groups excluding carboxylic acids is 1. The Morgan fingerprint density at radius 2 is 2.00 bits per heavy atom. The summed E-state index contributed by atoms with van der Waals surface area (Å²) < 4.78 is 0. The quantitative estimate of drug-likeness (QED) is 0.568. The molecule has 0 bridgehead atoms. The highest BCUT2D eigenvalue weighted by Crippen LogP contribution is 2.28. The van der Waals surface area contributed by atoms with E-state index in [0.29, 0.717) is 12.5 Å². The number of nitrogens with one attached hydrogen (secondary N) is 2. The smallest absolute Gasteiger partial charge is 0.225 e. The van der Waals surface area contributed by atoms with Crippen LogP contribution in [0.15, 0.2) is 35.3 Å². The maximum absolute atomic E-state index is 12.7. The molecule has 1 unspecified atom stereocenters. The van der Waals surface area contributed by atoms with Crippen LogP contribution in [-0.4, -0.2) is 47.9 Å². The van der Waals surface area contributed by atoms with Gasteiger partial charge < -0.3 is 15.5 Å². The molecular formula is C23H31N5OS. The number of aryl methyl sites for hydroxylation is 1. The van der Waals surface area contributed by atoms with Gasteiger partial charge in [0.25, 0.3) is 0 Å². The molecule has 2 aliphatic rings. The molecule has 2 heterocycles. The Bertz CT molecular complexity index is 888. The number of guanidine groups is 1. The second-order valence-electron chi connectivity index (χ2n) is 8.21. The number of thiazole rings is 1. The molecule has 2 fully saturated rings. The summed E-state index contributed by atoms with van der Waals surface area (Å²) >= 11 is 1.72. The number of nitrogens with zero attached hydrogens (tertiary/aromatic N) is 3. The maximum Gasteiger partial charge on any atom is 0.225 e. The molecule has 4 rings (SSSR count). The van der Waals surface area contributed by atoms with Gasteiger partial charge in [-0.3, -0.25) is 9.79 Å². The largest absolute Gasteiger partial charge is 0.352 e. The minimum absolute atomic E-state index is 0.254. The molecule has 1 amide bonds. The minimum Gasteiger partial charge on any atom is -0.352 e. The van der Waals surface area contributed by atoms with Crippen LogP contribution in [0.5, 0.6) is 0 Å². The number of hydrogen-bond donors (Lipinski definition) is 2. The first kappa shape index (κ1) is 20.8. The van der Waals surface area contributed by atoms with E-state index in [0.717, 1.165) is 54.6 Å². The predicted octanol–water partition coefficient (Wildman–Crippen LogP) is 3.57. The minimum atomic E-state index is 0.254. The molecule has 1 saturated carbocycles. The third kappa shape index (κ3) is 4.83. The van der Waals surface area contributed by atoms with Crippen molar-refractivity contribution in [1.29, 1.82) is 0 Å². The lowest BCUT2D eigenvalue weighted by atomic mass is 10.1. The normalized spacial score (nSPS) is 20.0. The van der Waals surface area contributed by atoms with E-state index in [1.54, 1.807) is 18.4 Å². The van der Waals surface area contributed by atoms with Crippen molar-refractivity contribution >= 4 is 23.2 Å². The Morgan fingerprint density at radius 1 is 1.23 bits per heavy atom. The van der Waals surface area contributed by atoms with Gasteiger partial charge in [0.1, 0.15) is 5.01 Å². The third-order valence-electron chi connectivity index (χ3n) is 6.10. The molecule has 1 atom stereocenters. The molecule has 1 aromatic carbocycles. The zero-order valence-corrected chi connectivity index (χ0v) is 18.7. The first-order valence-electron chi connectivity index (χ1n) is 10.9. The molecule has 7 heteroatoms. The van der Waals surface area contributed by atoms with Gasteiger partial charge in [-0.1, -0.05) is 43.2 Å². The standard InChI is InChI=1S/C23H31N5OS/c1-16-20(30-21(26-16)17-8-4-3-5-9-17)14-25-23(24-2)27-19-12-13-28(15-19)22(29)18-10-6-7-11-18/h3-5,8-9,18-19H,6-7,10-15H2,1-2H3,(H2,24,25,27). The van der Waals surface area contributed by atoms with E-state index in [-0.39, 0.29) is 12.0 Å². The van der Waals surface area contributed by atoms with Crippen molar-refractivity contribution in [1.82, 2.24) is 20.5 Å². The lowest BCUT2D eigenvalue weighted by Crippen LogP contribution is -2.45. The van der Waals surface area contributed by atoms with Crippen molar-refractivity contribution in [3.8, 4) is 10.6 Å². The number of amides is 1. The van der Waals surface area contributed by atoms with E-state index in [2.05, 4.69) is 34.7 Å².